The molecular formula is C14H14O2S2. The van der Waals surface area contributed by atoms with Gasteiger partial charge >= 0.3 is 0 Å². The van der Waals surface area contributed by atoms with Crippen molar-refractivity contribution in [2.45, 2.75) is 18.4 Å². The van der Waals surface area contributed by atoms with E-state index in [-0.39, 0.29) is 6.61 Å². The molecule has 18 heavy (non-hydrogen) atoms. The highest BCUT2D eigenvalue weighted by atomic mass is 32.8. The van der Waals surface area contributed by atoms with Crippen LogP contribution in [0.4, 0.5) is 0 Å². The molecule has 0 spiro atoms. The average Bonchev–Trinajstić information content (AvgIpc) is 2.38. The van der Waals surface area contributed by atoms with E-state index in [1.165, 1.54) is 0 Å². The first kappa shape index (κ1) is 13.2. The van der Waals surface area contributed by atoms with Gasteiger partial charge in [0.25, 0.3) is 0 Å². The predicted molar refractivity (Wildman–Crippen MR) is 76.2 cm³/mol. The molecule has 0 saturated heterocycles. The van der Waals surface area contributed by atoms with Crippen LogP contribution >= 0.6 is 0 Å². The number of aryl methyl sites for hydroxylation is 1. The summed E-state index contributed by atoms with van der Waals surface area (Å²) in [6, 6.07) is 16.9. The Labute approximate surface area is 112 Å². The minimum absolute atomic E-state index is 0.261. The highest BCUT2D eigenvalue weighted by Crippen LogP contribution is 2.18. The Morgan fingerprint density at radius 1 is 1.06 bits per heavy atom. The van der Waals surface area contributed by atoms with Crippen molar-refractivity contribution in [1.82, 2.24) is 0 Å². The molecule has 2 aromatic carbocycles. The maximum atomic E-state index is 12.4. The van der Waals surface area contributed by atoms with Gasteiger partial charge in [-0.05, 0) is 24.1 Å². The van der Waals surface area contributed by atoms with Crippen LogP contribution in [0.1, 0.15) is 11.1 Å². The van der Waals surface area contributed by atoms with Gasteiger partial charge in [-0.15, -0.1) is 0 Å². The van der Waals surface area contributed by atoms with Gasteiger partial charge < -0.3 is 0 Å². The molecule has 2 nitrogen and oxygen atoms in total. The fourth-order valence-electron chi connectivity index (χ4n) is 1.62. The van der Waals surface area contributed by atoms with Crippen LogP contribution in [0.15, 0.2) is 59.5 Å². The van der Waals surface area contributed by atoms with E-state index in [0.717, 1.165) is 11.1 Å². The molecular weight excluding hydrogens is 264 g/mol. The Kier molecular flexibility index (Phi) is 4.11. The third kappa shape index (κ3) is 3.16. The largest absolute Gasteiger partial charge is 0.282 e. The monoisotopic (exact) mass is 278 g/mol. The lowest BCUT2D eigenvalue weighted by atomic mass is 10.2. The molecule has 0 aromatic heterocycles. The van der Waals surface area contributed by atoms with E-state index in [0.29, 0.717) is 4.90 Å². The fraction of sp³-hybridized carbons (Fsp3) is 0.143. The lowest BCUT2D eigenvalue weighted by molar-refractivity contribution is 0.335. The second kappa shape index (κ2) is 5.61. The van der Waals surface area contributed by atoms with Crippen molar-refractivity contribution < 1.29 is 8.39 Å². The first-order valence-electron chi connectivity index (χ1n) is 5.58. The molecule has 2 aromatic rings. The van der Waals surface area contributed by atoms with Gasteiger partial charge in [0.15, 0.2) is 8.77 Å². The van der Waals surface area contributed by atoms with Gasteiger partial charge in [0.2, 0.25) is 0 Å². The molecule has 0 fully saturated rings. The SMILES string of the molecule is Cc1ccccc1S(=O)(=S)OCc1ccccc1. The van der Waals surface area contributed by atoms with Crippen LogP contribution in [0.3, 0.4) is 0 Å². The van der Waals surface area contributed by atoms with Crippen LogP contribution in [0.25, 0.3) is 0 Å². The van der Waals surface area contributed by atoms with Crippen LogP contribution in [-0.2, 0) is 30.8 Å². The lowest BCUT2D eigenvalue weighted by Crippen LogP contribution is -2.06. The standard InChI is InChI=1S/C14H14O2S2/c1-12-7-5-6-10-14(12)18(15,17)16-11-13-8-3-2-4-9-13/h2-10H,11H2,1H3. The zero-order valence-corrected chi connectivity index (χ0v) is 11.7. The Morgan fingerprint density at radius 2 is 1.67 bits per heavy atom. The van der Waals surface area contributed by atoms with E-state index in [1.54, 1.807) is 6.07 Å². The maximum Gasteiger partial charge on any atom is 0.174 e. The fourth-order valence-corrected chi connectivity index (χ4v) is 3.45. The Hall–Kier alpha value is -1.23. The molecule has 94 valence electrons. The van der Waals surface area contributed by atoms with Crippen molar-refractivity contribution in [3.8, 4) is 0 Å². The molecule has 0 N–H and O–H groups in total. The summed E-state index contributed by atoms with van der Waals surface area (Å²) in [6.07, 6.45) is 0. The second-order valence-corrected chi connectivity index (χ2v) is 6.87. The molecule has 0 aliphatic carbocycles. The summed E-state index contributed by atoms with van der Waals surface area (Å²) in [5, 5.41) is 0. The van der Waals surface area contributed by atoms with Crippen LogP contribution in [0, 0.1) is 6.92 Å². The third-order valence-electron chi connectivity index (χ3n) is 2.59. The molecule has 0 aliphatic heterocycles. The zero-order chi connectivity index (χ0) is 13.0. The number of rotatable bonds is 4. The van der Waals surface area contributed by atoms with Crippen molar-refractivity contribution >= 4 is 20.0 Å². The van der Waals surface area contributed by atoms with Crippen molar-refractivity contribution in [2.24, 2.45) is 0 Å². The summed E-state index contributed by atoms with van der Waals surface area (Å²) in [4.78, 5) is 0.593. The van der Waals surface area contributed by atoms with Crippen LogP contribution in [0.5, 0.6) is 0 Å². The topological polar surface area (TPSA) is 26.3 Å². The summed E-state index contributed by atoms with van der Waals surface area (Å²) in [6.45, 7) is 2.14. The van der Waals surface area contributed by atoms with Gasteiger partial charge in [-0.2, -0.15) is 0 Å². The maximum absolute atomic E-state index is 12.4. The predicted octanol–water partition coefficient (Wildman–Crippen LogP) is 3.23. The van der Waals surface area contributed by atoms with Gasteiger partial charge in [-0.3, -0.25) is 4.18 Å². The first-order valence-corrected chi connectivity index (χ1v) is 7.99. The second-order valence-electron chi connectivity index (χ2n) is 3.97. The summed E-state index contributed by atoms with van der Waals surface area (Å²) < 4.78 is 17.8. The van der Waals surface area contributed by atoms with E-state index in [2.05, 4.69) is 0 Å². The van der Waals surface area contributed by atoms with E-state index in [4.69, 9.17) is 15.4 Å². The van der Waals surface area contributed by atoms with E-state index >= 15 is 0 Å². The molecule has 1 atom stereocenters. The molecule has 0 heterocycles. The Balaban J connectivity index is 2.16. The third-order valence-corrected chi connectivity index (χ3v) is 4.84. The van der Waals surface area contributed by atoms with Crippen molar-refractivity contribution in [2.75, 3.05) is 0 Å². The van der Waals surface area contributed by atoms with Crippen LogP contribution < -0.4 is 0 Å². The lowest BCUT2D eigenvalue weighted by Gasteiger charge is -2.10. The summed E-state index contributed by atoms with van der Waals surface area (Å²) in [5.74, 6) is 0. The van der Waals surface area contributed by atoms with Gasteiger partial charge in [-0.1, -0.05) is 48.5 Å². The summed E-state index contributed by atoms with van der Waals surface area (Å²) in [7, 11) is -2.86. The van der Waals surface area contributed by atoms with Gasteiger partial charge in [-0.25, -0.2) is 4.21 Å². The molecule has 1 unspecified atom stereocenters. The normalized spacial score (nSPS) is 14.1. The molecule has 0 saturated carbocycles. The summed E-state index contributed by atoms with van der Waals surface area (Å²) in [5.41, 5.74) is 1.86. The smallest absolute Gasteiger partial charge is 0.174 e. The quantitative estimate of drug-likeness (QED) is 0.859. The molecule has 0 amide bonds. The molecule has 4 heteroatoms. The van der Waals surface area contributed by atoms with Crippen LogP contribution in [0.2, 0.25) is 0 Å². The van der Waals surface area contributed by atoms with Crippen molar-refractivity contribution in [3.63, 3.8) is 0 Å². The number of benzene rings is 2. The highest BCUT2D eigenvalue weighted by Gasteiger charge is 2.13. The van der Waals surface area contributed by atoms with Gasteiger partial charge in [0.1, 0.15) is 0 Å². The van der Waals surface area contributed by atoms with Gasteiger partial charge in [0.05, 0.1) is 11.5 Å². The van der Waals surface area contributed by atoms with Crippen molar-refractivity contribution in [1.29, 1.82) is 0 Å². The highest BCUT2D eigenvalue weighted by molar-refractivity contribution is 8.30. The van der Waals surface area contributed by atoms with Crippen molar-refractivity contribution in [3.05, 3.63) is 65.7 Å². The molecule has 0 radical (unpaired) electrons. The minimum atomic E-state index is -2.86. The van der Waals surface area contributed by atoms with E-state index < -0.39 is 8.77 Å². The number of hydrogen-bond acceptors (Lipinski definition) is 3. The summed E-state index contributed by atoms with van der Waals surface area (Å²) >= 11 is 5.10. The Morgan fingerprint density at radius 3 is 2.33 bits per heavy atom. The Bertz CT molecular complexity index is 619. The van der Waals surface area contributed by atoms with E-state index in [1.807, 2.05) is 55.5 Å². The number of hydrogen-bond donors (Lipinski definition) is 0. The molecule has 2 rings (SSSR count). The van der Waals surface area contributed by atoms with Crippen LogP contribution in [-0.4, -0.2) is 4.21 Å². The van der Waals surface area contributed by atoms with Gasteiger partial charge in [0, 0.05) is 11.2 Å². The van der Waals surface area contributed by atoms with E-state index in [9.17, 15) is 4.21 Å². The zero-order valence-electron chi connectivity index (χ0n) is 10.0. The minimum Gasteiger partial charge on any atom is -0.282 e. The first-order chi connectivity index (χ1) is 8.59. The average molecular weight is 278 g/mol. The molecule has 0 aliphatic rings. The molecule has 0 bridgehead atoms.